The van der Waals surface area contributed by atoms with E-state index in [1.807, 2.05) is 30.3 Å². The minimum absolute atomic E-state index is 0.724. The monoisotopic (exact) mass is 424 g/mol. The predicted molar refractivity (Wildman–Crippen MR) is 123 cm³/mol. The lowest BCUT2D eigenvalue weighted by Gasteiger charge is -2.49. The molecule has 4 heteroatoms. The van der Waals surface area contributed by atoms with Crippen LogP contribution in [0.3, 0.4) is 0 Å². The van der Waals surface area contributed by atoms with Crippen LogP contribution in [-0.2, 0) is 6.54 Å². The summed E-state index contributed by atoms with van der Waals surface area (Å²) < 4.78 is 6.09. The van der Waals surface area contributed by atoms with E-state index in [9.17, 15) is 0 Å². The third-order valence-electron chi connectivity index (χ3n) is 7.37. The lowest BCUT2D eigenvalue weighted by molar-refractivity contribution is -0.00381. The predicted octanol–water partition coefficient (Wildman–Crippen LogP) is 6.36. The normalized spacial score (nSPS) is 25.9. The van der Waals surface area contributed by atoms with Gasteiger partial charge < -0.3 is 4.74 Å². The van der Waals surface area contributed by atoms with Gasteiger partial charge >= 0.3 is 0 Å². The number of fused-ring (bicyclic) bond motifs is 1. The number of ether oxygens (including phenoxy) is 1. The second-order valence-corrected chi connectivity index (χ2v) is 9.74. The summed E-state index contributed by atoms with van der Waals surface area (Å²) in [7, 11) is 0. The third-order valence-corrected chi connectivity index (χ3v) is 7.62. The summed E-state index contributed by atoms with van der Waals surface area (Å²) in [6, 6.07) is 17.7. The molecule has 0 N–H and O–H groups in total. The zero-order chi connectivity index (χ0) is 20.3. The average Bonchev–Trinajstić information content (AvgIpc) is 3.25. The summed E-state index contributed by atoms with van der Waals surface area (Å²) in [4.78, 5) is 5.60. The molecule has 160 valence electrons. The molecule has 2 aromatic rings. The van der Waals surface area contributed by atoms with Crippen LogP contribution in [0.1, 0.15) is 50.5 Å². The Balaban J connectivity index is 1.32. The van der Waals surface area contributed by atoms with Crippen LogP contribution in [0.25, 0.3) is 0 Å². The maximum Gasteiger partial charge on any atom is 0.127 e. The van der Waals surface area contributed by atoms with Gasteiger partial charge in [0.1, 0.15) is 11.5 Å². The minimum Gasteiger partial charge on any atom is -0.457 e. The molecule has 1 aliphatic carbocycles. The van der Waals surface area contributed by atoms with Gasteiger partial charge in [0.2, 0.25) is 0 Å². The first-order chi connectivity index (χ1) is 14.8. The largest absolute Gasteiger partial charge is 0.457 e. The highest BCUT2D eigenvalue weighted by Gasteiger charge is 2.42. The van der Waals surface area contributed by atoms with Crippen molar-refractivity contribution in [3.63, 3.8) is 0 Å². The van der Waals surface area contributed by atoms with Gasteiger partial charge in [-0.05, 0) is 80.1 Å². The molecule has 5 rings (SSSR count). The molecule has 0 amide bonds. The van der Waals surface area contributed by atoms with Gasteiger partial charge in [0.25, 0.3) is 0 Å². The van der Waals surface area contributed by atoms with E-state index >= 15 is 0 Å². The third kappa shape index (κ3) is 4.54. The molecular formula is C26H33ClN2O. The molecule has 3 nitrogen and oxygen atoms in total. The van der Waals surface area contributed by atoms with E-state index in [1.54, 1.807) is 0 Å². The van der Waals surface area contributed by atoms with Gasteiger partial charge in [-0.15, -0.1) is 0 Å². The summed E-state index contributed by atoms with van der Waals surface area (Å²) in [6.45, 7) is 4.77. The van der Waals surface area contributed by atoms with Crippen molar-refractivity contribution in [3.8, 4) is 11.5 Å². The lowest BCUT2D eigenvalue weighted by Crippen LogP contribution is -2.59. The molecule has 3 aliphatic rings. The highest BCUT2D eigenvalue weighted by molar-refractivity contribution is 6.30. The molecule has 0 radical (unpaired) electrons. The van der Waals surface area contributed by atoms with Crippen molar-refractivity contribution in [3.05, 3.63) is 59.1 Å². The Labute approximate surface area is 186 Å². The van der Waals surface area contributed by atoms with Crippen LogP contribution in [0, 0.1) is 5.92 Å². The molecule has 2 saturated heterocycles. The minimum atomic E-state index is 0.724. The van der Waals surface area contributed by atoms with Crippen LogP contribution in [0.15, 0.2) is 48.5 Å². The van der Waals surface area contributed by atoms with Crippen molar-refractivity contribution in [2.75, 3.05) is 19.6 Å². The molecule has 2 atom stereocenters. The van der Waals surface area contributed by atoms with Gasteiger partial charge in [-0.2, -0.15) is 0 Å². The van der Waals surface area contributed by atoms with E-state index in [4.69, 9.17) is 16.3 Å². The van der Waals surface area contributed by atoms with Crippen molar-refractivity contribution in [1.29, 1.82) is 0 Å². The number of nitrogens with zero attached hydrogens (tertiary/aromatic N) is 2. The van der Waals surface area contributed by atoms with E-state index < -0.39 is 0 Å². The van der Waals surface area contributed by atoms with Crippen molar-refractivity contribution >= 4 is 11.6 Å². The van der Waals surface area contributed by atoms with Crippen molar-refractivity contribution in [2.24, 2.45) is 5.92 Å². The first kappa shape index (κ1) is 20.4. The number of hydrogen-bond donors (Lipinski definition) is 0. The summed E-state index contributed by atoms with van der Waals surface area (Å²) in [5.41, 5.74) is 1.36. The highest BCUT2D eigenvalue weighted by atomic mass is 35.5. The van der Waals surface area contributed by atoms with Crippen LogP contribution in [0.5, 0.6) is 11.5 Å². The second-order valence-electron chi connectivity index (χ2n) is 9.31. The van der Waals surface area contributed by atoms with E-state index in [1.165, 1.54) is 70.1 Å². The highest BCUT2D eigenvalue weighted by Crippen LogP contribution is 2.38. The second kappa shape index (κ2) is 9.30. The molecular weight excluding hydrogens is 392 g/mol. The summed E-state index contributed by atoms with van der Waals surface area (Å²) >= 11 is 6.00. The maximum atomic E-state index is 6.09. The Hall–Kier alpha value is -1.55. The van der Waals surface area contributed by atoms with E-state index in [0.29, 0.717) is 0 Å². The zero-order valence-electron chi connectivity index (χ0n) is 17.8. The average molecular weight is 425 g/mol. The molecule has 0 spiro atoms. The van der Waals surface area contributed by atoms with Gasteiger partial charge in [0.15, 0.2) is 0 Å². The fourth-order valence-corrected chi connectivity index (χ4v) is 6.14. The van der Waals surface area contributed by atoms with Crippen LogP contribution in [-0.4, -0.2) is 41.5 Å². The lowest BCUT2D eigenvalue weighted by atomic mass is 9.78. The van der Waals surface area contributed by atoms with E-state index in [0.717, 1.165) is 41.1 Å². The molecule has 2 heterocycles. The van der Waals surface area contributed by atoms with E-state index in [-0.39, 0.29) is 0 Å². The van der Waals surface area contributed by atoms with Crippen LogP contribution >= 0.6 is 11.6 Å². The molecule has 1 saturated carbocycles. The standard InChI is InChI=1S/C26H33ClN2O/c27-22-11-13-23(14-12-22)30-24-9-4-6-20(18-24)19-29-17-16-28-15-5-10-25(28)26(29)21-7-2-1-3-8-21/h4,6,9,11-14,18,21,25-26H,1-3,5,7-8,10,15-17,19H2/t25-,26+/m1/s1. The first-order valence-electron chi connectivity index (χ1n) is 11.8. The Bertz CT molecular complexity index is 833. The summed E-state index contributed by atoms with van der Waals surface area (Å²) in [5, 5.41) is 0.732. The van der Waals surface area contributed by atoms with Crippen molar-refractivity contribution < 1.29 is 4.74 Å². The van der Waals surface area contributed by atoms with Crippen LogP contribution in [0.2, 0.25) is 5.02 Å². The number of benzene rings is 2. The Morgan fingerprint density at radius 2 is 1.67 bits per heavy atom. The number of halogens is 1. The number of rotatable bonds is 5. The van der Waals surface area contributed by atoms with Gasteiger partial charge in [0.05, 0.1) is 0 Å². The van der Waals surface area contributed by atoms with Gasteiger partial charge in [-0.1, -0.05) is 43.0 Å². The van der Waals surface area contributed by atoms with Gasteiger partial charge in [-0.25, -0.2) is 0 Å². The summed E-state index contributed by atoms with van der Waals surface area (Å²) in [5.74, 6) is 2.61. The Morgan fingerprint density at radius 3 is 2.50 bits per heavy atom. The van der Waals surface area contributed by atoms with Crippen LogP contribution < -0.4 is 4.74 Å². The zero-order valence-corrected chi connectivity index (χ0v) is 18.6. The quantitative estimate of drug-likeness (QED) is 0.555. The fraction of sp³-hybridized carbons (Fsp3) is 0.538. The molecule has 0 unspecified atom stereocenters. The SMILES string of the molecule is Clc1ccc(Oc2cccc(CN3CCN4CCC[C@@H]4[C@@H]3C3CCCCC3)c2)cc1. The molecule has 3 fully saturated rings. The molecule has 0 aromatic heterocycles. The smallest absolute Gasteiger partial charge is 0.127 e. The van der Waals surface area contributed by atoms with Crippen molar-refractivity contribution in [1.82, 2.24) is 9.80 Å². The van der Waals surface area contributed by atoms with Crippen LogP contribution in [0.4, 0.5) is 0 Å². The Kier molecular flexibility index (Phi) is 6.31. The summed E-state index contributed by atoms with van der Waals surface area (Å²) in [6.07, 6.45) is 9.89. The van der Waals surface area contributed by atoms with Gasteiger partial charge in [-0.3, -0.25) is 9.80 Å². The first-order valence-corrected chi connectivity index (χ1v) is 12.1. The number of hydrogen-bond acceptors (Lipinski definition) is 3. The Morgan fingerprint density at radius 1 is 0.833 bits per heavy atom. The van der Waals surface area contributed by atoms with Crippen molar-refractivity contribution in [2.45, 2.75) is 63.6 Å². The molecule has 2 aliphatic heterocycles. The van der Waals surface area contributed by atoms with Gasteiger partial charge in [0, 0.05) is 36.7 Å². The molecule has 0 bridgehead atoms. The molecule has 2 aromatic carbocycles. The maximum absolute atomic E-state index is 6.09. The fourth-order valence-electron chi connectivity index (χ4n) is 6.02. The molecule has 30 heavy (non-hydrogen) atoms. The number of piperazine rings is 1. The van der Waals surface area contributed by atoms with E-state index in [2.05, 4.69) is 28.0 Å². The topological polar surface area (TPSA) is 15.7 Å².